The molecule has 1 aromatic heterocycles. The molecule has 4 heteroatoms. The number of aromatic amines is 1. The summed E-state index contributed by atoms with van der Waals surface area (Å²) in [5.41, 5.74) is 0.509. The Hall–Kier alpha value is -1.81. The summed E-state index contributed by atoms with van der Waals surface area (Å²) in [6.07, 6.45) is 1.32. The summed E-state index contributed by atoms with van der Waals surface area (Å²) in [5.74, 6) is 0. The molecule has 0 fully saturated rings. The van der Waals surface area contributed by atoms with E-state index in [9.17, 15) is 0 Å². The summed E-state index contributed by atoms with van der Waals surface area (Å²) < 4.78 is 0. The van der Waals surface area contributed by atoms with Crippen molar-refractivity contribution in [3.8, 4) is 12.1 Å². The Morgan fingerprint density at radius 1 is 1.44 bits per heavy atom. The van der Waals surface area contributed by atoms with E-state index in [-0.39, 0.29) is 11.3 Å². The van der Waals surface area contributed by atoms with Crippen molar-refractivity contribution < 1.29 is 0 Å². The molecule has 0 amide bonds. The number of rotatable bonds is 0. The van der Waals surface area contributed by atoms with Crippen LogP contribution in [0.2, 0.25) is 0 Å². The van der Waals surface area contributed by atoms with Crippen LogP contribution in [-0.2, 0) is 0 Å². The highest BCUT2D eigenvalue weighted by atomic mass is 15.1. The fraction of sp³-hybridized carbons (Fsp3) is 0. The van der Waals surface area contributed by atoms with Crippen molar-refractivity contribution in [2.75, 3.05) is 0 Å². The summed E-state index contributed by atoms with van der Waals surface area (Å²) >= 11 is 0. The van der Waals surface area contributed by atoms with E-state index in [1.165, 1.54) is 6.20 Å². The molecule has 0 aliphatic carbocycles. The van der Waals surface area contributed by atoms with Crippen molar-refractivity contribution in [1.82, 2.24) is 10.2 Å². The van der Waals surface area contributed by atoms with Gasteiger partial charge in [0.05, 0.1) is 6.20 Å². The molecule has 0 saturated heterocycles. The van der Waals surface area contributed by atoms with Crippen LogP contribution in [0.1, 0.15) is 11.3 Å². The van der Waals surface area contributed by atoms with Crippen LogP contribution in [0.15, 0.2) is 6.20 Å². The van der Waals surface area contributed by atoms with Crippen LogP contribution in [-0.4, -0.2) is 10.2 Å². The first-order valence-corrected chi connectivity index (χ1v) is 2.22. The van der Waals surface area contributed by atoms with E-state index in [0.717, 1.165) is 0 Å². The van der Waals surface area contributed by atoms with Gasteiger partial charge in [0, 0.05) is 0 Å². The largest absolute Gasteiger partial charge is 0.267 e. The van der Waals surface area contributed by atoms with Gasteiger partial charge in [-0.25, -0.2) is 0 Å². The normalized spacial score (nSPS) is 7.78. The van der Waals surface area contributed by atoms with E-state index in [4.69, 9.17) is 10.5 Å². The lowest BCUT2D eigenvalue weighted by Crippen LogP contribution is -1.75. The van der Waals surface area contributed by atoms with E-state index >= 15 is 0 Å². The molecule has 0 aromatic carbocycles. The molecule has 0 radical (unpaired) electrons. The zero-order chi connectivity index (χ0) is 6.69. The van der Waals surface area contributed by atoms with Gasteiger partial charge in [0.25, 0.3) is 0 Å². The molecule has 1 heterocycles. The number of hydrogen-bond acceptors (Lipinski definition) is 3. The van der Waals surface area contributed by atoms with Crippen molar-refractivity contribution in [1.29, 1.82) is 10.5 Å². The van der Waals surface area contributed by atoms with Gasteiger partial charge in [-0.3, -0.25) is 5.10 Å². The van der Waals surface area contributed by atoms with E-state index in [1.54, 1.807) is 6.07 Å². The van der Waals surface area contributed by atoms with Gasteiger partial charge in [0.1, 0.15) is 17.7 Å². The molecule has 1 N–H and O–H groups in total. The first kappa shape index (κ1) is 5.33. The molecule has 0 saturated carbocycles. The van der Waals surface area contributed by atoms with Crippen LogP contribution in [0.4, 0.5) is 0 Å². The van der Waals surface area contributed by atoms with Gasteiger partial charge in [0.2, 0.25) is 0 Å². The zero-order valence-corrected chi connectivity index (χ0v) is 4.42. The van der Waals surface area contributed by atoms with Gasteiger partial charge in [-0.1, -0.05) is 0 Å². The van der Waals surface area contributed by atoms with Gasteiger partial charge in [0.15, 0.2) is 5.69 Å². The number of H-pyrrole nitrogens is 1. The Kier molecular flexibility index (Phi) is 1.17. The molecule has 1 rings (SSSR count). The molecule has 0 unspecified atom stereocenters. The number of aromatic nitrogens is 2. The predicted molar refractivity (Wildman–Crippen MR) is 28.0 cm³/mol. The number of nitrogens with one attached hydrogen (secondary N) is 1. The summed E-state index contributed by atoms with van der Waals surface area (Å²) in [4.78, 5) is 0. The molecular formula is C5H2N4. The molecule has 9 heavy (non-hydrogen) atoms. The maximum absolute atomic E-state index is 8.28. The summed E-state index contributed by atoms with van der Waals surface area (Å²) in [7, 11) is 0. The summed E-state index contributed by atoms with van der Waals surface area (Å²) in [6, 6.07) is 3.60. The molecule has 0 aliphatic rings. The van der Waals surface area contributed by atoms with E-state index < -0.39 is 0 Å². The highest BCUT2D eigenvalue weighted by Crippen LogP contribution is 1.98. The quantitative estimate of drug-likeness (QED) is 0.526. The average Bonchev–Trinajstić information content (AvgIpc) is 2.33. The first-order chi connectivity index (χ1) is 4.38. The second-order valence-electron chi connectivity index (χ2n) is 1.38. The van der Waals surface area contributed by atoms with Crippen molar-refractivity contribution in [2.45, 2.75) is 0 Å². The lowest BCUT2D eigenvalue weighted by atomic mass is 10.3. The standard InChI is InChI=1S/C5H2N4/c6-1-4-3-8-9-5(4)2-7/h3H,(H,8,9). The fourth-order valence-electron chi connectivity index (χ4n) is 0.456. The number of nitriles is 2. The summed E-state index contributed by atoms with van der Waals surface area (Å²) in [5, 5.41) is 22.4. The predicted octanol–water partition coefficient (Wildman–Crippen LogP) is 0.153. The van der Waals surface area contributed by atoms with Gasteiger partial charge in [-0.15, -0.1) is 0 Å². The van der Waals surface area contributed by atoms with Crippen LogP contribution < -0.4 is 0 Å². The maximum atomic E-state index is 8.28. The topological polar surface area (TPSA) is 76.3 Å². The fourth-order valence-corrected chi connectivity index (χ4v) is 0.456. The Bertz CT molecular complexity index is 256. The smallest absolute Gasteiger partial charge is 0.153 e. The molecule has 0 atom stereocenters. The van der Waals surface area contributed by atoms with Crippen LogP contribution in [0.3, 0.4) is 0 Å². The third-order valence-electron chi connectivity index (χ3n) is 0.872. The van der Waals surface area contributed by atoms with E-state index in [0.29, 0.717) is 0 Å². The van der Waals surface area contributed by atoms with Crippen molar-refractivity contribution in [2.24, 2.45) is 0 Å². The van der Waals surface area contributed by atoms with E-state index in [2.05, 4.69) is 10.2 Å². The summed E-state index contributed by atoms with van der Waals surface area (Å²) in [6.45, 7) is 0. The first-order valence-electron chi connectivity index (χ1n) is 2.22. The molecule has 0 bridgehead atoms. The molecular weight excluding hydrogens is 116 g/mol. The van der Waals surface area contributed by atoms with Crippen molar-refractivity contribution in [3.05, 3.63) is 17.5 Å². The Balaban J connectivity index is 3.22. The second-order valence-corrected chi connectivity index (χ2v) is 1.38. The zero-order valence-electron chi connectivity index (χ0n) is 4.42. The lowest BCUT2D eigenvalue weighted by molar-refractivity contribution is 1.07. The third kappa shape index (κ3) is 0.731. The van der Waals surface area contributed by atoms with Crippen molar-refractivity contribution in [3.63, 3.8) is 0 Å². The van der Waals surface area contributed by atoms with E-state index in [1.807, 2.05) is 6.07 Å². The minimum Gasteiger partial charge on any atom is -0.267 e. The molecule has 0 aliphatic heterocycles. The SMILES string of the molecule is N#Cc1cn[nH]c1C#N. The molecule has 4 nitrogen and oxygen atoms in total. The Morgan fingerprint density at radius 3 is 2.67 bits per heavy atom. The second kappa shape index (κ2) is 1.97. The number of hydrogen-bond donors (Lipinski definition) is 1. The Labute approximate surface area is 51.3 Å². The van der Waals surface area contributed by atoms with Gasteiger partial charge >= 0.3 is 0 Å². The highest BCUT2D eigenvalue weighted by molar-refractivity contribution is 5.38. The molecule has 1 aromatic rings. The number of nitrogens with zero attached hydrogens (tertiary/aromatic N) is 3. The van der Waals surface area contributed by atoms with Crippen LogP contribution >= 0.6 is 0 Å². The lowest BCUT2D eigenvalue weighted by Gasteiger charge is -1.73. The highest BCUT2D eigenvalue weighted by Gasteiger charge is 1.99. The molecule has 42 valence electrons. The van der Waals surface area contributed by atoms with Gasteiger partial charge < -0.3 is 0 Å². The Morgan fingerprint density at radius 2 is 2.22 bits per heavy atom. The van der Waals surface area contributed by atoms with Crippen LogP contribution in [0.25, 0.3) is 0 Å². The maximum Gasteiger partial charge on any atom is 0.153 e. The van der Waals surface area contributed by atoms with Crippen molar-refractivity contribution >= 4 is 0 Å². The average molecular weight is 118 g/mol. The minimum absolute atomic E-state index is 0.220. The minimum atomic E-state index is 0.220. The monoisotopic (exact) mass is 118 g/mol. The van der Waals surface area contributed by atoms with Crippen LogP contribution in [0, 0.1) is 22.7 Å². The van der Waals surface area contributed by atoms with Gasteiger partial charge in [-0.05, 0) is 0 Å². The molecule has 0 spiro atoms. The third-order valence-corrected chi connectivity index (χ3v) is 0.872. The van der Waals surface area contributed by atoms with Gasteiger partial charge in [-0.2, -0.15) is 15.6 Å². The van der Waals surface area contributed by atoms with Crippen LogP contribution in [0.5, 0.6) is 0 Å².